The van der Waals surface area contributed by atoms with Crippen LogP contribution in [0.3, 0.4) is 0 Å². The average Bonchev–Trinajstić information content (AvgIpc) is 2.93. The van der Waals surface area contributed by atoms with Gasteiger partial charge in [-0.15, -0.1) is 0 Å². The molecule has 1 aliphatic heterocycles. The van der Waals surface area contributed by atoms with Gasteiger partial charge < -0.3 is 15.0 Å². The van der Waals surface area contributed by atoms with Gasteiger partial charge in [0.25, 0.3) is 0 Å². The SMILES string of the molecule is CCN1CCC(CNc2cc(OC)c([N+](=O)[O-])cc2F)C1. The van der Waals surface area contributed by atoms with E-state index in [0.29, 0.717) is 12.5 Å². The first-order chi connectivity index (χ1) is 10.0. The zero-order chi connectivity index (χ0) is 15.4. The number of ether oxygens (including phenoxy) is 1. The molecule has 0 spiro atoms. The number of rotatable bonds is 6. The fourth-order valence-corrected chi connectivity index (χ4v) is 2.61. The molecule has 2 rings (SSSR count). The molecule has 1 heterocycles. The summed E-state index contributed by atoms with van der Waals surface area (Å²) in [5.41, 5.74) is -0.119. The van der Waals surface area contributed by atoms with Crippen LogP contribution in [0.2, 0.25) is 0 Å². The minimum atomic E-state index is -0.651. The van der Waals surface area contributed by atoms with Crippen LogP contribution in [0.25, 0.3) is 0 Å². The van der Waals surface area contributed by atoms with Crippen molar-refractivity contribution in [3.63, 3.8) is 0 Å². The lowest BCUT2D eigenvalue weighted by molar-refractivity contribution is -0.385. The average molecular weight is 297 g/mol. The summed E-state index contributed by atoms with van der Waals surface area (Å²) in [6, 6.07) is 2.24. The van der Waals surface area contributed by atoms with E-state index in [2.05, 4.69) is 17.1 Å². The summed E-state index contributed by atoms with van der Waals surface area (Å²) >= 11 is 0. The topological polar surface area (TPSA) is 67.6 Å². The molecule has 6 nitrogen and oxygen atoms in total. The maximum Gasteiger partial charge on any atom is 0.313 e. The van der Waals surface area contributed by atoms with E-state index < -0.39 is 10.7 Å². The van der Waals surface area contributed by atoms with E-state index in [-0.39, 0.29) is 17.1 Å². The van der Waals surface area contributed by atoms with Gasteiger partial charge in [-0.2, -0.15) is 0 Å². The quantitative estimate of drug-likeness (QED) is 0.645. The first-order valence-electron chi connectivity index (χ1n) is 7.03. The summed E-state index contributed by atoms with van der Waals surface area (Å²) in [7, 11) is 1.33. The monoisotopic (exact) mass is 297 g/mol. The molecule has 1 aliphatic rings. The third-order valence-electron chi connectivity index (χ3n) is 3.86. The van der Waals surface area contributed by atoms with Crippen molar-refractivity contribution in [2.45, 2.75) is 13.3 Å². The van der Waals surface area contributed by atoms with Crippen LogP contribution in [0, 0.1) is 21.8 Å². The number of nitro benzene ring substituents is 1. The van der Waals surface area contributed by atoms with Crippen molar-refractivity contribution in [1.29, 1.82) is 0 Å². The molecule has 1 unspecified atom stereocenters. The molecule has 1 atom stereocenters. The van der Waals surface area contributed by atoms with Crippen LogP contribution in [0.5, 0.6) is 5.75 Å². The van der Waals surface area contributed by atoms with Crippen molar-refractivity contribution < 1.29 is 14.1 Å². The van der Waals surface area contributed by atoms with E-state index in [9.17, 15) is 14.5 Å². The predicted octanol–water partition coefficient (Wildman–Crippen LogP) is 2.50. The van der Waals surface area contributed by atoms with Crippen LogP contribution in [0.4, 0.5) is 15.8 Å². The summed E-state index contributed by atoms with van der Waals surface area (Å²) in [5.74, 6) is -0.108. The molecule has 7 heteroatoms. The van der Waals surface area contributed by atoms with Crippen molar-refractivity contribution in [2.24, 2.45) is 5.92 Å². The van der Waals surface area contributed by atoms with Gasteiger partial charge in [-0.25, -0.2) is 4.39 Å². The Morgan fingerprint density at radius 3 is 2.90 bits per heavy atom. The zero-order valence-corrected chi connectivity index (χ0v) is 12.3. The fourth-order valence-electron chi connectivity index (χ4n) is 2.61. The molecule has 0 saturated carbocycles. The summed E-state index contributed by atoms with van der Waals surface area (Å²) in [5, 5.41) is 13.8. The van der Waals surface area contributed by atoms with Crippen LogP contribution in [0.1, 0.15) is 13.3 Å². The van der Waals surface area contributed by atoms with Gasteiger partial charge in [-0.3, -0.25) is 10.1 Å². The Morgan fingerprint density at radius 2 is 2.33 bits per heavy atom. The normalized spacial score (nSPS) is 18.7. The van der Waals surface area contributed by atoms with Gasteiger partial charge >= 0.3 is 5.69 Å². The van der Waals surface area contributed by atoms with E-state index in [1.54, 1.807) is 0 Å². The highest BCUT2D eigenvalue weighted by Crippen LogP contribution is 2.32. The number of likely N-dealkylation sites (tertiary alicyclic amines) is 1. The van der Waals surface area contributed by atoms with Gasteiger partial charge in [0.05, 0.1) is 23.8 Å². The number of nitro groups is 1. The van der Waals surface area contributed by atoms with Gasteiger partial charge in [0.1, 0.15) is 0 Å². The minimum absolute atomic E-state index is 0.0607. The number of anilines is 1. The van der Waals surface area contributed by atoms with Crippen LogP contribution < -0.4 is 10.1 Å². The largest absolute Gasteiger partial charge is 0.490 e. The number of nitrogens with zero attached hydrogens (tertiary/aromatic N) is 2. The Labute approximate surface area is 123 Å². The molecule has 1 saturated heterocycles. The van der Waals surface area contributed by atoms with Crippen LogP contribution >= 0.6 is 0 Å². The standard InChI is InChI=1S/C14H20FN3O3/c1-3-17-5-4-10(9-17)8-16-12-7-14(21-2)13(18(19)20)6-11(12)15/h6-7,10,16H,3-5,8-9H2,1-2H3. The number of benzene rings is 1. The molecule has 1 N–H and O–H groups in total. The Morgan fingerprint density at radius 1 is 1.57 bits per heavy atom. The number of halogens is 1. The van der Waals surface area contributed by atoms with Crippen molar-refractivity contribution in [2.75, 3.05) is 38.6 Å². The van der Waals surface area contributed by atoms with Gasteiger partial charge in [-0.05, 0) is 25.4 Å². The fraction of sp³-hybridized carbons (Fsp3) is 0.571. The maximum absolute atomic E-state index is 13.9. The van der Waals surface area contributed by atoms with Crippen LogP contribution in [-0.2, 0) is 0 Å². The molecular formula is C14H20FN3O3. The van der Waals surface area contributed by atoms with E-state index in [0.717, 1.165) is 32.1 Å². The first kappa shape index (κ1) is 15.5. The highest BCUT2D eigenvalue weighted by molar-refractivity contribution is 5.59. The van der Waals surface area contributed by atoms with Gasteiger partial charge in [0.15, 0.2) is 11.6 Å². The van der Waals surface area contributed by atoms with Gasteiger partial charge in [-0.1, -0.05) is 6.92 Å². The van der Waals surface area contributed by atoms with E-state index in [1.165, 1.54) is 13.2 Å². The summed E-state index contributed by atoms with van der Waals surface area (Å²) in [6.45, 7) is 5.85. The highest BCUT2D eigenvalue weighted by atomic mass is 19.1. The molecule has 0 bridgehead atoms. The lowest BCUT2D eigenvalue weighted by Gasteiger charge is -2.15. The highest BCUT2D eigenvalue weighted by Gasteiger charge is 2.23. The molecule has 116 valence electrons. The second-order valence-corrected chi connectivity index (χ2v) is 5.19. The van der Waals surface area contributed by atoms with E-state index in [4.69, 9.17) is 4.74 Å². The molecule has 0 aromatic heterocycles. The number of hydrogen-bond donors (Lipinski definition) is 1. The Balaban J connectivity index is 2.05. The van der Waals surface area contributed by atoms with Crippen molar-refractivity contribution in [1.82, 2.24) is 4.90 Å². The number of hydrogen-bond acceptors (Lipinski definition) is 5. The molecule has 21 heavy (non-hydrogen) atoms. The van der Waals surface area contributed by atoms with E-state index in [1.807, 2.05) is 0 Å². The van der Waals surface area contributed by atoms with Gasteiger partial charge in [0.2, 0.25) is 0 Å². The minimum Gasteiger partial charge on any atom is -0.490 e. The Kier molecular flexibility index (Phi) is 4.95. The lowest BCUT2D eigenvalue weighted by atomic mass is 10.1. The molecule has 0 aliphatic carbocycles. The summed E-state index contributed by atoms with van der Waals surface area (Å²) < 4.78 is 18.9. The second kappa shape index (κ2) is 6.71. The molecule has 1 aromatic rings. The van der Waals surface area contributed by atoms with Crippen molar-refractivity contribution >= 4 is 11.4 Å². The lowest BCUT2D eigenvalue weighted by Crippen LogP contribution is -2.22. The summed E-state index contributed by atoms with van der Waals surface area (Å²) in [4.78, 5) is 12.5. The molecular weight excluding hydrogens is 277 g/mol. The van der Waals surface area contributed by atoms with Crippen molar-refractivity contribution in [3.05, 3.63) is 28.1 Å². The molecule has 0 radical (unpaired) electrons. The molecule has 1 aromatic carbocycles. The van der Waals surface area contributed by atoms with E-state index >= 15 is 0 Å². The first-order valence-corrected chi connectivity index (χ1v) is 7.03. The molecule has 1 fully saturated rings. The maximum atomic E-state index is 13.9. The predicted molar refractivity (Wildman–Crippen MR) is 78.3 cm³/mol. The second-order valence-electron chi connectivity index (χ2n) is 5.19. The third kappa shape index (κ3) is 3.60. The molecule has 0 amide bonds. The smallest absolute Gasteiger partial charge is 0.313 e. The van der Waals surface area contributed by atoms with Gasteiger partial charge in [0, 0.05) is 19.2 Å². The Hall–Kier alpha value is -1.89. The summed E-state index contributed by atoms with van der Waals surface area (Å²) in [6.07, 6.45) is 1.08. The van der Waals surface area contributed by atoms with Crippen LogP contribution in [0.15, 0.2) is 12.1 Å². The van der Waals surface area contributed by atoms with Crippen LogP contribution in [-0.4, -0.2) is 43.1 Å². The Bertz CT molecular complexity index is 524. The third-order valence-corrected chi connectivity index (χ3v) is 3.86. The van der Waals surface area contributed by atoms with Crippen molar-refractivity contribution in [3.8, 4) is 5.75 Å². The number of methoxy groups -OCH3 is 1. The number of nitrogens with one attached hydrogen (secondary N) is 1. The zero-order valence-electron chi connectivity index (χ0n) is 12.3.